The quantitative estimate of drug-likeness (QED) is 0.0733. The van der Waals surface area contributed by atoms with Crippen LogP contribution in [0.5, 0.6) is 0 Å². The van der Waals surface area contributed by atoms with Crippen molar-refractivity contribution in [2.75, 3.05) is 59.3 Å². The summed E-state index contributed by atoms with van der Waals surface area (Å²) in [5, 5.41) is 23.2. The molecular weight excluding hydrogens is 690 g/mol. The Morgan fingerprint density at radius 3 is 1.87 bits per heavy atom. The highest BCUT2D eigenvalue weighted by Crippen LogP contribution is 2.44. The second-order valence-electron chi connectivity index (χ2n) is 17.0. The third-order valence-corrected chi connectivity index (χ3v) is 10.5. The van der Waals surface area contributed by atoms with E-state index in [1.807, 2.05) is 46.8 Å². The fraction of sp³-hybridized carbons (Fsp3) is 0.762. The standard InChI is InChI=1S/C22H35N3O6.C11H22O.C9H20O2/c1-16(24-9-8-20(27)28)12-17-4-6-18(7-5-17)21(29)25-14-22(2,3)15-31-11-10-30-13-19(23)26;1-8(2)10(4,5)11(6,7)9(3)12;1-4-9(2,3)5-7-11-8-6-10/h4-7,16,24H,8-15H2,1-3H3,(H2,23,26)(H,25,29)(H,27,28);8H,1-7H3;10H,4-8H2,1-3H3. The summed E-state index contributed by atoms with van der Waals surface area (Å²) in [5.41, 5.74) is 6.59. The summed E-state index contributed by atoms with van der Waals surface area (Å²) in [6.07, 6.45) is 3.09. The van der Waals surface area contributed by atoms with Gasteiger partial charge in [-0.05, 0) is 61.1 Å². The van der Waals surface area contributed by atoms with Crippen LogP contribution in [0.25, 0.3) is 0 Å². The van der Waals surface area contributed by atoms with Gasteiger partial charge in [-0.25, -0.2) is 0 Å². The molecule has 6 N–H and O–H groups in total. The Bertz CT molecular complexity index is 1210. The van der Waals surface area contributed by atoms with Gasteiger partial charge in [-0.1, -0.05) is 94.7 Å². The summed E-state index contributed by atoms with van der Waals surface area (Å²) in [6, 6.07) is 7.53. The summed E-state index contributed by atoms with van der Waals surface area (Å²) in [7, 11) is 0. The molecule has 12 nitrogen and oxygen atoms in total. The molecule has 1 rings (SSSR count). The van der Waals surface area contributed by atoms with Crippen LogP contribution in [0.15, 0.2) is 24.3 Å². The van der Waals surface area contributed by atoms with Gasteiger partial charge in [0.2, 0.25) is 5.91 Å². The van der Waals surface area contributed by atoms with Gasteiger partial charge in [-0.15, -0.1) is 0 Å². The van der Waals surface area contributed by atoms with Gasteiger partial charge in [0.25, 0.3) is 5.91 Å². The molecule has 1 atom stereocenters. The molecule has 1 aromatic rings. The third-order valence-electron chi connectivity index (χ3n) is 10.5. The van der Waals surface area contributed by atoms with Crippen LogP contribution < -0.4 is 16.4 Å². The number of carboxylic acid groups (broad SMARTS) is 1. The molecule has 0 fully saturated rings. The number of hydrogen-bond donors (Lipinski definition) is 5. The van der Waals surface area contributed by atoms with E-state index in [1.54, 1.807) is 19.1 Å². The summed E-state index contributed by atoms with van der Waals surface area (Å²) in [5.74, 6) is -0.688. The number of ketones is 1. The highest BCUT2D eigenvalue weighted by Gasteiger charge is 2.42. The van der Waals surface area contributed by atoms with Gasteiger partial charge in [0.1, 0.15) is 12.4 Å². The van der Waals surface area contributed by atoms with Crippen molar-refractivity contribution in [1.29, 1.82) is 0 Å². The molecule has 0 aliphatic heterocycles. The monoisotopic (exact) mass is 768 g/mol. The summed E-state index contributed by atoms with van der Waals surface area (Å²) >= 11 is 0. The minimum absolute atomic E-state index is 0.0683. The maximum Gasteiger partial charge on any atom is 0.304 e. The highest BCUT2D eigenvalue weighted by atomic mass is 16.5. The molecule has 0 saturated carbocycles. The molecule has 0 radical (unpaired) electrons. The zero-order valence-electron chi connectivity index (χ0n) is 36.0. The lowest BCUT2D eigenvalue weighted by molar-refractivity contribution is -0.137. The molecule has 0 spiro atoms. The smallest absolute Gasteiger partial charge is 0.304 e. The second-order valence-corrected chi connectivity index (χ2v) is 17.0. The summed E-state index contributed by atoms with van der Waals surface area (Å²) in [6.45, 7) is 30.2. The molecule has 0 aliphatic carbocycles. The average molecular weight is 768 g/mol. The van der Waals surface area contributed by atoms with Gasteiger partial charge in [0.05, 0.1) is 39.5 Å². The molecule has 0 saturated heterocycles. The predicted molar refractivity (Wildman–Crippen MR) is 216 cm³/mol. The number of primary amides is 1. The van der Waals surface area contributed by atoms with Crippen molar-refractivity contribution in [2.24, 2.45) is 33.3 Å². The fourth-order valence-electron chi connectivity index (χ4n) is 4.62. The van der Waals surface area contributed by atoms with Crippen molar-refractivity contribution in [2.45, 2.75) is 122 Å². The van der Waals surface area contributed by atoms with Crippen molar-refractivity contribution in [1.82, 2.24) is 10.6 Å². The first-order valence-electron chi connectivity index (χ1n) is 19.3. The number of carbonyl (C=O) groups excluding carboxylic acids is 3. The van der Waals surface area contributed by atoms with E-state index in [1.165, 1.54) is 6.42 Å². The molecule has 314 valence electrons. The SMILES string of the molecule is CC(=O)C(C)(C)C(C)(C)C(C)C.CC(Cc1ccc(C(=O)NCC(C)(C)COCCOCC(N)=O)cc1)NCCC(=O)O.CCC(C)(C)CCOCCO. The summed E-state index contributed by atoms with van der Waals surface area (Å²) < 4.78 is 15.7. The Labute approximate surface area is 327 Å². The summed E-state index contributed by atoms with van der Waals surface area (Å²) in [4.78, 5) is 45.0. The fourth-order valence-corrected chi connectivity index (χ4v) is 4.62. The van der Waals surface area contributed by atoms with Crippen molar-refractivity contribution in [3.8, 4) is 0 Å². The number of hydrogen-bond acceptors (Lipinski definition) is 9. The minimum Gasteiger partial charge on any atom is -0.481 e. The Balaban J connectivity index is 0. The number of rotatable bonds is 25. The Morgan fingerprint density at radius 2 is 1.41 bits per heavy atom. The Morgan fingerprint density at radius 1 is 0.833 bits per heavy atom. The number of carboxylic acids is 1. The largest absolute Gasteiger partial charge is 0.481 e. The lowest BCUT2D eigenvalue weighted by atomic mass is 9.60. The number of nitrogens with two attached hydrogens (primary N) is 1. The molecule has 1 unspecified atom stereocenters. The zero-order chi connectivity index (χ0) is 42.2. The molecule has 2 amide bonds. The number of benzene rings is 1. The maximum atomic E-state index is 12.4. The number of Topliss-reactive ketones (excluding diaryl/α,β-unsaturated/α-hetero) is 1. The van der Waals surface area contributed by atoms with E-state index in [9.17, 15) is 19.2 Å². The van der Waals surface area contributed by atoms with Crippen LogP contribution in [0.3, 0.4) is 0 Å². The molecule has 12 heteroatoms. The van der Waals surface area contributed by atoms with Gasteiger partial charge in [-0.3, -0.25) is 19.2 Å². The van der Waals surface area contributed by atoms with Crippen molar-refractivity contribution >= 4 is 23.6 Å². The third kappa shape index (κ3) is 24.5. The molecule has 0 aromatic heterocycles. The lowest BCUT2D eigenvalue weighted by Gasteiger charge is -2.43. The van der Waals surface area contributed by atoms with E-state index in [4.69, 9.17) is 30.2 Å². The van der Waals surface area contributed by atoms with E-state index in [-0.39, 0.29) is 60.2 Å². The van der Waals surface area contributed by atoms with Crippen LogP contribution in [-0.4, -0.2) is 99.2 Å². The van der Waals surface area contributed by atoms with Crippen LogP contribution >= 0.6 is 0 Å². The van der Waals surface area contributed by atoms with Crippen molar-refractivity contribution in [3.05, 3.63) is 35.4 Å². The van der Waals surface area contributed by atoms with E-state index in [2.05, 4.69) is 59.1 Å². The van der Waals surface area contributed by atoms with Gasteiger partial charge >= 0.3 is 5.97 Å². The van der Waals surface area contributed by atoms with Gasteiger partial charge in [0, 0.05) is 42.1 Å². The van der Waals surface area contributed by atoms with Crippen LogP contribution in [0, 0.1) is 27.6 Å². The number of carbonyl (C=O) groups is 4. The molecule has 0 aliphatic rings. The molecule has 0 heterocycles. The van der Waals surface area contributed by atoms with Crippen LogP contribution in [0.4, 0.5) is 0 Å². The van der Waals surface area contributed by atoms with Crippen LogP contribution in [0.2, 0.25) is 0 Å². The second kappa shape index (κ2) is 26.8. The number of aliphatic hydroxyl groups is 1. The maximum absolute atomic E-state index is 12.4. The normalized spacial score (nSPS) is 12.6. The van der Waals surface area contributed by atoms with Crippen molar-refractivity contribution < 1.29 is 43.6 Å². The number of aliphatic carboxylic acids is 1. The first-order valence-corrected chi connectivity index (χ1v) is 19.3. The number of aliphatic hydroxyl groups excluding tert-OH is 1. The van der Waals surface area contributed by atoms with Gasteiger partial charge in [0.15, 0.2) is 0 Å². The Kier molecular flexibility index (Phi) is 26.4. The van der Waals surface area contributed by atoms with Crippen LogP contribution in [-0.2, 0) is 35.0 Å². The number of amides is 2. The van der Waals surface area contributed by atoms with Gasteiger partial charge in [-0.2, -0.15) is 0 Å². The van der Waals surface area contributed by atoms with E-state index in [0.717, 1.165) is 25.0 Å². The van der Waals surface area contributed by atoms with E-state index >= 15 is 0 Å². The molecular formula is C42H77N3O9. The zero-order valence-corrected chi connectivity index (χ0v) is 36.0. The molecule has 1 aromatic carbocycles. The van der Waals surface area contributed by atoms with Crippen molar-refractivity contribution in [3.63, 3.8) is 0 Å². The van der Waals surface area contributed by atoms with E-state index < -0.39 is 11.9 Å². The predicted octanol–water partition coefficient (Wildman–Crippen LogP) is 6.06. The van der Waals surface area contributed by atoms with Gasteiger partial charge < -0.3 is 40.8 Å². The highest BCUT2D eigenvalue weighted by molar-refractivity contribution is 5.94. The first-order chi connectivity index (χ1) is 24.8. The van der Waals surface area contributed by atoms with Crippen LogP contribution in [0.1, 0.15) is 125 Å². The Hall–Kier alpha value is -2.90. The topological polar surface area (TPSA) is 187 Å². The lowest BCUT2D eigenvalue weighted by Crippen LogP contribution is -2.41. The van der Waals surface area contributed by atoms with E-state index in [0.29, 0.717) is 49.8 Å². The first kappa shape index (κ1) is 53.2. The minimum atomic E-state index is -0.820. The number of nitrogens with one attached hydrogen (secondary N) is 2. The molecule has 54 heavy (non-hydrogen) atoms. The average Bonchev–Trinajstić information content (AvgIpc) is 3.07. The molecule has 0 bridgehead atoms. The number of ether oxygens (including phenoxy) is 3.